The summed E-state index contributed by atoms with van der Waals surface area (Å²) in [6.45, 7) is 0. The van der Waals surface area contributed by atoms with Crippen LogP contribution in [0.3, 0.4) is 0 Å². The van der Waals surface area contributed by atoms with Crippen molar-refractivity contribution in [2.24, 2.45) is 0 Å². The molecule has 28 heavy (non-hydrogen) atoms. The van der Waals surface area contributed by atoms with E-state index in [4.69, 9.17) is 9.15 Å². The third kappa shape index (κ3) is 4.17. The fourth-order valence-electron chi connectivity index (χ4n) is 3.68. The molecular weight excluding hydrogens is 394 g/mol. The van der Waals surface area contributed by atoms with Crippen molar-refractivity contribution in [3.8, 4) is 0 Å². The second kappa shape index (κ2) is 8.96. The molecule has 3 aromatic heterocycles. The number of nitrogens with zero attached hydrogens (tertiary/aromatic N) is 3. The lowest BCUT2D eigenvalue weighted by molar-refractivity contribution is 0.0598. The summed E-state index contributed by atoms with van der Waals surface area (Å²) in [6, 6.07) is 6.30. The zero-order chi connectivity index (χ0) is 19.3. The lowest BCUT2D eigenvalue weighted by Gasteiger charge is -2.25. The van der Waals surface area contributed by atoms with Crippen LogP contribution in [0.5, 0.6) is 0 Å². The molecule has 0 unspecified atom stereocenters. The number of aromatic nitrogens is 3. The lowest BCUT2D eigenvalue weighted by Crippen LogP contribution is -2.16. The molecule has 0 amide bonds. The number of hydrogen-bond acceptors (Lipinski definition) is 7. The van der Waals surface area contributed by atoms with Gasteiger partial charge < -0.3 is 13.7 Å². The molecule has 0 aromatic carbocycles. The predicted octanol–water partition coefficient (Wildman–Crippen LogP) is 5.11. The van der Waals surface area contributed by atoms with Gasteiger partial charge in [-0.05, 0) is 30.4 Å². The van der Waals surface area contributed by atoms with Crippen LogP contribution < -0.4 is 0 Å². The summed E-state index contributed by atoms with van der Waals surface area (Å²) in [7, 11) is 1.38. The van der Waals surface area contributed by atoms with E-state index < -0.39 is 0 Å². The minimum atomic E-state index is -0.378. The molecule has 1 fully saturated rings. The number of methoxy groups -OCH3 is 1. The molecule has 6 nitrogen and oxygen atoms in total. The summed E-state index contributed by atoms with van der Waals surface area (Å²) in [5.74, 6) is 1.76. The summed E-state index contributed by atoms with van der Waals surface area (Å²) in [4.78, 5) is 13.2. The monoisotopic (exact) mass is 417 g/mol. The van der Waals surface area contributed by atoms with Gasteiger partial charge in [0.05, 0.1) is 19.1 Å². The van der Waals surface area contributed by atoms with Gasteiger partial charge in [-0.3, -0.25) is 0 Å². The number of furan rings is 1. The summed E-state index contributed by atoms with van der Waals surface area (Å²) in [6.07, 6.45) is 8.45. The molecule has 0 radical (unpaired) electrons. The summed E-state index contributed by atoms with van der Waals surface area (Å²) >= 11 is 3.31. The molecule has 0 spiro atoms. The van der Waals surface area contributed by atoms with Gasteiger partial charge in [0.2, 0.25) is 0 Å². The van der Waals surface area contributed by atoms with Crippen molar-refractivity contribution in [2.75, 3.05) is 7.11 Å². The maximum atomic E-state index is 11.9. The van der Waals surface area contributed by atoms with Crippen LogP contribution in [0, 0.1) is 0 Å². The van der Waals surface area contributed by atoms with Gasteiger partial charge >= 0.3 is 5.97 Å². The van der Waals surface area contributed by atoms with E-state index in [-0.39, 0.29) is 5.97 Å². The average Bonchev–Trinajstić information content (AvgIpc) is 3.48. The minimum absolute atomic E-state index is 0.378. The van der Waals surface area contributed by atoms with Crippen LogP contribution in [0.4, 0.5) is 0 Å². The van der Waals surface area contributed by atoms with Gasteiger partial charge in [0.15, 0.2) is 5.16 Å². The minimum Gasteiger partial charge on any atom is -0.468 e. The molecule has 8 heteroatoms. The third-order valence-electron chi connectivity index (χ3n) is 5.07. The van der Waals surface area contributed by atoms with Crippen LogP contribution in [-0.2, 0) is 16.9 Å². The Kier molecular flexibility index (Phi) is 6.17. The van der Waals surface area contributed by atoms with Gasteiger partial charge in [0.25, 0.3) is 0 Å². The second-order valence-corrected chi connectivity index (χ2v) is 8.83. The van der Waals surface area contributed by atoms with Crippen LogP contribution in [0.1, 0.15) is 65.0 Å². The van der Waals surface area contributed by atoms with Crippen molar-refractivity contribution in [3.05, 3.63) is 51.9 Å². The topological polar surface area (TPSA) is 70.2 Å². The van der Waals surface area contributed by atoms with E-state index in [1.54, 1.807) is 29.2 Å². The number of hydrogen-bond donors (Lipinski definition) is 0. The highest BCUT2D eigenvalue weighted by Gasteiger charge is 2.24. The van der Waals surface area contributed by atoms with Crippen LogP contribution in [0.25, 0.3) is 0 Å². The van der Waals surface area contributed by atoms with Crippen LogP contribution in [-0.4, -0.2) is 27.8 Å². The van der Waals surface area contributed by atoms with Gasteiger partial charge in [0.1, 0.15) is 17.1 Å². The first-order chi connectivity index (χ1) is 13.8. The molecular formula is C20H23N3O3S2. The Labute approximate surface area is 172 Å². The van der Waals surface area contributed by atoms with Crippen molar-refractivity contribution in [1.29, 1.82) is 0 Å². The average molecular weight is 418 g/mol. The van der Waals surface area contributed by atoms with Gasteiger partial charge in [-0.2, -0.15) is 0 Å². The largest absolute Gasteiger partial charge is 0.468 e. The van der Waals surface area contributed by atoms with Crippen molar-refractivity contribution < 1.29 is 13.9 Å². The summed E-state index contributed by atoms with van der Waals surface area (Å²) < 4.78 is 12.7. The zero-order valence-electron chi connectivity index (χ0n) is 15.8. The highest BCUT2D eigenvalue weighted by atomic mass is 32.2. The Morgan fingerprint density at radius 2 is 2.18 bits per heavy atom. The Morgan fingerprint density at radius 3 is 2.93 bits per heavy atom. The van der Waals surface area contributed by atoms with E-state index in [9.17, 15) is 4.79 Å². The lowest BCUT2D eigenvalue weighted by atomic mass is 9.95. The fraction of sp³-hybridized carbons (Fsp3) is 0.450. The quantitative estimate of drug-likeness (QED) is 0.393. The third-order valence-corrected chi connectivity index (χ3v) is 6.89. The van der Waals surface area contributed by atoms with Crippen LogP contribution >= 0.6 is 23.1 Å². The Bertz CT molecular complexity index is 911. The SMILES string of the molecule is COC(=O)c1ccoc1CSc1nnc(Cc2cccs2)n1C1CCCCC1. The van der Waals surface area contributed by atoms with Crippen molar-refractivity contribution >= 4 is 29.1 Å². The Hall–Kier alpha value is -2.06. The smallest absolute Gasteiger partial charge is 0.341 e. The normalized spacial score (nSPS) is 15.0. The molecule has 1 aliphatic carbocycles. The van der Waals surface area contributed by atoms with E-state index in [1.807, 2.05) is 0 Å². The maximum Gasteiger partial charge on any atom is 0.341 e. The number of esters is 1. The molecule has 0 aliphatic heterocycles. The number of thiophene rings is 1. The maximum absolute atomic E-state index is 11.9. The number of carbonyl (C=O) groups excluding carboxylic acids is 1. The molecule has 148 valence electrons. The van der Waals surface area contributed by atoms with Gasteiger partial charge in [-0.25, -0.2) is 4.79 Å². The first kappa shape index (κ1) is 19.3. The van der Waals surface area contributed by atoms with E-state index in [1.165, 1.54) is 37.5 Å². The summed E-state index contributed by atoms with van der Waals surface area (Å²) in [5, 5.41) is 12.0. The number of rotatable bonds is 7. The molecule has 0 N–H and O–H groups in total. The molecule has 1 saturated carbocycles. The molecule has 0 saturated heterocycles. The molecule has 0 bridgehead atoms. The van der Waals surface area contributed by atoms with Crippen LogP contribution in [0.2, 0.25) is 0 Å². The first-order valence-corrected chi connectivity index (χ1v) is 11.4. The first-order valence-electron chi connectivity index (χ1n) is 9.50. The van der Waals surface area contributed by atoms with Crippen LogP contribution in [0.15, 0.2) is 39.4 Å². The standard InChI is InChI=1S/C20H23N3O3S2/c1-25-19(24)16-9-10-26-17(16)13-28-20-22-21-18(12-15-8-5-11-27-15)23(20)14-6-3-2-4-7-14/h5,8-11,14H,2-4,6-7,12-13H2,1H3. The van der Waals surface area contributed by atoms with E-state index in [0.717, 1.165) is 30.2 Å². The number of thioether (sulfide) groups is 1. The van der Waals surface area contributed by atoms with Gasteiger partial charge in [-0.15, -0.1) is 21.5 Å². The molecule has 1 aliphatic rings. The molecule has 4 rings (SSSR count). The number of carbonyl (C=O) groups is 1. The second-order valence-electron chi connectivity index (χ2n) is 6.85. The van der Waals surface area contributed by atoms with Gasteiger partial charge in [-0.1, -0.05) is 37.1 Å². The Balaban J connectivity index is 1.57. The van der Waals surface area contributed by atoms with E-state index in [2.05, 4.69) is 32.3 Å². The Morgan fingerprint density at radius 1 is 1.32 bits per heavy atom. The van der Waals surface area contributed by atoms with E-state index >= 15 is 0 Å². The van der Waals surface area contributed by atoms with Gasteiger partial charge in [0, 0.05) is 17.3 Å². The van der Waals surface area contributed by atoms with Crippen molar-refractivity contribution in [1.82, 2.24) is 14.8 Å². The highest BCUT2D eigenvalue weighted by molar-refractivity contribution is 7.98. The summed E-state index contributed by atoms with van der Waals surface area (Å²) in [5.41, 5.74) is 0.470. The van der Waals surface area contributed by atoms with Crippen molar-refractivity contribution in [2.45, 2.75) is 55.5 Å². The fourth-order valence-corrected chi connectivity index (χ4v) is 5.35. The molecule has 3 heterocycles. The number of ether oxygens (including phenoxy) is 1. The highest BCUT2D eigenvalue weighted by Crippen LogP contribution is 2.34. The van der Waals surface area contributed by atoms with Crippen molar-refractivity contribution in [3.63, 3.8) is 0 Å². The zero-order valence-corrected chi connectivity index (χ0v) is 17.4. The molecule has 0 atom stereocenters. The predicted molar refractivity (Wildman–Crippen MR) is 109 cm³/mol. The molecule has 3 aromatic rings. The van der Waals surface area contributed by atoms with E-state index in [0.29, 0.717) is 23.1 Å².